The minimum Gasteiger partial charge on any atom is -0.358 e. The Morgan fingerprint density at radius 3 is 2.00 bits per heavy atom. The van der Waals surface area contributed by atoms with Gasteiger partial charge in [0.05, 0.1) is 11.4 Å². The largest absolute Gasteiger partial charge is 0.358 e. The first kappa shape index (κ1) is 18.8. The second-order valence-electron chi connectivity index (χ2n) is 6.88. The maximum atomic E-state index is 13.2. The topological polar surface area (TPSA) is 30.2 Å². The molecule has 4 nitrogen and oxygen atoms in total. The molecule has 0 amide bonds. The third kappa shape index (κ3) is 4.32. The van der Waals surface area contributed by atoms with Gasteiger partial charge in [-0.15, -0.1) is 0 Å². The summed E-state index contributed by atoms with van der Waals surface area (Å²) in [5.41, 5.74) is 5.14. The van der Waals surface area contributed by atoms with Gasteiger partial charge >= 0.3 is 0 Å². The number of hydrogen-bond acceptors (Lipinski definition) is 2. The molecule has 0 aliphatic rings. The molecule has 1 aromatic heterocycles. The van der Waals surface area contributed by atoms with Gasteiger partial charge in [0.2, 0.25) is 0 Å². The first-order valence-corrected chi connectivity index (χ1v) is 8.68. The average Bonchev–Trinajstić information content (AvgIpc) is 2.78. The molecule has 0 spiro atoms. The molecule has 0 fully saturated rings. The normalized spacial score (nSPS) is 10.5. The molecule has 0 atom stereocenters. The number of benzene rings is 1. The molecule has 0 saturated heterocycles. The molecule has 1 heterocycles. The summed E-state index contributed by atoms with van der Waals surface area (Å²) in [5.74, 6) is 0. The van der Waals surface area contributed by atoms with Crippen molar-refractivity contribution in [3.8, 4) is 5.69 Å². The smallest absolute Gasteiger partial charge is 0.295 e. The van der Waals surface area contributed by atoms with E-state index in [0.717, 1.165) is 30.2 Å². The second-order valence-corrected chi connectivity index (χ2v) is 6.88. The molecule has 0 aliphatic carbocycles. The standard InChI is InChI=1S/C21H29N3O/c1-16(2)12-14-23(15-13-17(3)4)20-18(5)22(6)24(21(20)25)19-10-8-7-9-11-19/h7-13H,14-15H2,1-6H3. The Balaban J connectivity index is 2.56. The van der Waals surface area contributed by atoms with Crippen LogP contribution in [0.2, 0.25) is 0 Å². The van der Waals surface area contributed by atoms with E-state index in [0.29, 0.717) is 0 Å². The fraction of sp³-hybridized carbons (Fsp3) is 0.381. The number of para-hydroxylation sites is 1. The molecule has 0 radical (unpaired) electrons. The van der Waals surface area contributed by atoms with Gasteiger partial charge in [0.25, 0.3) is 5.56 Å². The molecule has 4 heteroatoms. The van der Waals surface area contributed by atoms with Crippen molar-refractivity contribution in [2.75, 3.05) is 18.0 Å². The minimum atomic E-state index is 0.0236. The number of rotatable bonds is 6. The van der Waals surface area contributed by atoms with Gasteiger partial charge in [0, 0.05) is 20.1 Å². The maximum absolute atomic E-state index is 13.2. The van der Waals surface area contributed by atoms with E-state index >= 15 is 0 Å². The summed E-state index contributed by atoms with van der Waals surface area (Å²) in [4.78, 5) is 15.4. The van der Waals surface area contributed by atoms with Crippen LogP contribution in [-0.4, -0.2) is 22.5 Å². The third-order valence-electron chi connectivity index (χ3n) is 4.28. The molecular formula is C21H29N3O. The Hall–Kier alpha value is -2.49. The monoisotopic (exact) mass is 339 g/mol. The van der Waals surface area contributed by atoms with Gasteiger partial charge < -0.3 is 4.90 Å². The molecule has 2 rings (SSSR count). The fourth-order valence-corrected chi connectivity index (χ4v) is 2.76. The number of allylic oxidation sites excluding steroid dienone is 2. The van der Waals surface area contributed by atoms with Crippen molar-refractivity contribution in [3.05, 3.63) is 69.7 Å². The summed E-state index contributed by atoms with van der Waals surface area (Å²) in [7, 11) is 1.94. The zero-order chi connectivity index (χ0) is 18.6. The van der Waals surface area contributed by atoms with Crippen LogP contribution in [0.25, 0.3) is 5.69 Å². The van der Waals surface area contributed by atoms with Crippen molar-refractivity contribution in [2.45, 2.75) is 34.6 Å². The first-order valence-electron chi connectivity index (χ1n) is 8.68. The minimum absolute atomic E-state index is 0.0236. The lowest BCUT2D eigenvalue weighted by molar-refractivity contribution is 0.630. The molecular weight excluding hydrogens is 310 g/mol. The van der Waals surface area contributed by atoms with E-state index in [1.165, 1.54) is 11.1 Å². The Morgan fingerprint density at radius 1 is 1.00 bits per heavy atom. The van der Waals surface area contributed by atoms with E-state index in [9.17, 15) is 4.79 Å². The molecule has 0 unspecified atom stereocenters. The van der Waals surface area contributed by atoms with Gasteiger partial charge in [-0.1, -0.05) is 41.5 Å². The number of nitrogens with zero attached hydrogens (tertiary/aromatic N) is 3. The Kier molecular flexibility index (Phi) is 6.07. The molecule has 0 bridgehead atoms. The number of aromatic nitrogens is 2. The summed E-state index contributed by atoms with van der Waals surface area (Å²) >= 11 is 0. The van der Waals surface area contributed by atoms with Crippen LogP contribution in [0.5, 0.6) is 0 Å². The third-order valence-corrected chi connectivity index (χ3v) is 4.28. The van der Waals surface area contributed by atoms with Crippen LogP contribution < -0.4 is 10.5 Å². The van der Waals surface area contributed by atoms with Crippen LogP contribution in [0.4, 0.5) is 5.69 Å². The average molecular weight is 339 g/mol. The maximum Gasteiger partial charge on any atom is 0.295 e. The predicted octanol–water partition coefficient (Wildman–Crippen LogP) is 4.22. The highest BCUT2D eigenvalue weighted by Gasteiger charge is 2.20. The Labute approximate surface area is 150 Å². The molecule has 0 saturated carbocycles. The molecule has 25 heavy (non-hydrogen) atoms. The van der Waals surface area contributed by atoms with E-state index in [1.807, 2.05) is 49.0 Å². The summed E-state index contributed by atoms with van der Waals surface area (Å²) in [6, 6.07) is 9.78. The highest BCUT2D eigenvalue weighted by atomic mass is 16.1. The number of hydrogen-bond donors (Lipinski definition) is 0. The summed E-state index contributed by atoms with van der Waals surface area (Å²) in [5, 5.41) is 0. The van der Waals surface area contributed by atoms with Gasteiger partial charge in [0.1, 0.15) is 5.69 Å². The van der Waals surface area contributed by atoms with E-state index in [4.69, 9.17) is 0 Å². The van der Waals surface area contributed by atoms with Crippen LogP contribution in [0.1, 0.15) is 33.4 Å². The quantitative estimate of drug-likeness (QED) is 0.738. The fourth-order valence-electron chi connectivity index (χ4n) is 2.76. The van der Waals surface area contributed by atoms with Crippen molar-refractivity contribution in [1.29, 1.82) is 0 Å². The lowest BCUT2D eigenvalue weighted by Gasteiger charge is -2.21. The summed E-state index contributed by atoms with van der Waals surface area (Å²) < 4.78 is 3.67. The van der Waals surface area contributed by atoms with Crippen LogP contribution in [0.15, 0.2) is 58.4 Å². The molecule has 2 aromatic rings. The second kappa shape index (κ2) is 8.06. The number of anilines is 1. The van der Waals surface area contributed by atoms with Crippen molar-refractivity contribution >= 4 is 5.69 Å². The van der Waals surface area contributed by atoms with Gasteiger partial charge in [0.15, 0.2) is 0 Å². The van der Waals surface area contributed by atoms with Gasteiger partial charge in [-0.3, -0.25) is 9.48 Å². The van der Waals surface area contributed by atoms with Crippen molar-refractivity contribution in [1.82, 2.24) is 9.36 Å². The van der Waals surface area contributed by atoms with E-state index in [1.54, 1.807) is 4.68 Å². The van der Waals surface area contributed by atoms with Gasteiger partial charge in [-0.25, -0.2) is 4.68 Å². The van der Waals surface area contributed by atoms with Crippen LogP contribution in [0.3, 0.4) is 0 Å². The molecule has 0 aliphatic heterocycles. The predicted molar refractivity (Wildman–Crippen MR) is 107 cm³/mol. The van der Waals surface area contributed by atoms with Crippen LogP contribution in [-0.2, 0) is 7.05 Å². The molecule has 0 N–H and O–H groups in total. The van der Waals surface area contributed by atoms with Crippen molar-refractivity contribution in [3.63, 3.8) is 0 Å². The van der Waals surface area contributed by atoms with Crippen LogP contribution >= 0.6 is 0 Å². The summed E-state index contributed by atoms with van der Waals surface area (Å²) in [6.07, 6.45) is 4.33. The van der Waals surface area contributed by atoms with E-state index in [-0.39, 0.29) is 5.56 Å². The lowest BCUT2D eigenvalue weighted by atomic mass is 10.2. The highest BCUT2D eigenvalue weighted by molar-refractivity contribution is 5.53. The van der Waals surface area contributed by atoms with E-state index in [2.05, 4.69) is 44.7 Å². The molecule has 134 valence electrons. The highest BCUT2D eigenvalue weighted by Crippen LogP contribution is 2.19. The SMILES string of the molecule is CC(C)=CCN(CC=C(C)C)c1c(C)n(C)n(-c2ccccc2)c1=O. The Bertz CT molecular complexity index is 810. The van der Waals surface area contributed by atoms with Crippen molar-refractivity contribution < 1.29 is 0 Å². The Morgan fingerprint density at radius 2 is 1.52 bits per heavy atom. The molecule has 1 aromatic carbocycles. The van der Waals surface area contributed by atoms with E-state index < -0.39 is 0 Å². The lowest BCUT2D eigenvalue weighted by Crippen LogP contribution is -2.30. The summed E-state index contributed by atoms with van der Waals surface area (Å²) in [6.45, 7) is 11.8. The first-order chi connectivity index (χ1) is 11.8. The van der Waals surface area contributed by atoms with Crippen LogP contribution in [0, 0.1) is 6.92 Å². The zero-order valence-electron chi connectivity index (χ0n) is 16.2. The van der Waals surface area contributed by atoms with Gasteiger partial charge in [-0.2, -0.15) is 0 Å². The van der Waals surface area contributed by atoms with Gasteiger partial charge in [-0.05, 0) is 46.8 Å². The zero-order valence-corrected chi connectivity index (χ0v) is 16.2. The van der Waals surface area contributed by atoms with Crippen molar-refractivity contribution in [2.24, 2.45) is 7.05 Å².